The Morgan fingerprint density at radius 3 is 2.55 bits per heavy atom. The Hall–Kier alpha value is -2.40. The zero-order chi connectivity index (χ0) is 14.7. The molecule has 0 aliphatic carbocycles. The molecule has 5 nitrogen and oxygen atoms in total. The summed E-state index contributed by atoms with van der Waals surface area (Å²) in [5.41, 5.74) is 1.62. The quantitative estimate of drug-likeness (QED) is 0.911. The van der Waals surface area contributed by atoms with Gasteiger partial charge in [-0.05, 0) is 36.8 Å². The average Bonchev–Trinajstić information content (AvgIpc) is 2.42. The van der Waals surface area contributed by atoms with Crippen LogP contribution in [0.25, 0.3) is 0 Å². The van der Waals surface area contributed by atoms with E-state index in [0.717, 1.165) is 5.56 Å². The number of aromatic carboxylic acids is 1. The molecule has 2 N–H and O–H groups in total. The van der Waals surface area contributed by atoms with E-state index in [1.54, 1.807) is 12.1 Å². The third-order valence-electron chi connectivity index (χ3n) is 2.62. The van der Waals surface area contributed by atoms with E-state index in [1.165, 1.54) is 18.3 Å². The molecule has 6 heteroatoms. The standard InChI is InChI=1S/C14H11ClN2O3/c1-8-2-4-11(10(15)6-8)17-13(18)9-3-5-12(14(19)20)16-7-9/h2-7H,1H3,(H,17,18)(H,19,20). The van der Waals surface area contributed by atoms with E-state index in [0.29, 0.717) is 10.7 Å². The molecule has 102 valence electrons. The average molecular weight is 291 g/mol. The lowest BCUT2D eigenvalue weighted by Crippen LogP contribution is -2.13. The van der Waals surface area contributed by atoms with Crippen molar-refractivity contribution in [1.29, 1.82) is 0 Å². The van der Waals surface area contributed by atoms with Gasteiger partial charge in [0.05, 0.1) is 16.3 Å². The first-order chi connectivity index (χ1) is 9.47. The van der Waals surface area contributed by atoms with E-state index in [9.17, 15) is 9.59 Å². The summed E-state index contributed by atoms with van der Waals surface area (Å²) in [5, 5.41) is 11.8. The van der Waals surface area contributed by atoms with Crippen LogP contribution in [0.2, 0.25) is 5.02 Å². The Labute approximate surface area is 120 Å². The highest BCUT2D eigenvalue weighted by atomic mass is 35.5. The molecule has 20 heavy (non-hydrogen) atoms. The first kappa shape index (κ1) is 14.0. The number of nitrogens with one attached hydrogen (secondary N) is 1. The van der Waals surface area contributed by atoms with Gasteiger partial charge in [-0.2, -0.15) is 0 Å². The molecule has 0 saturated carbocycles. The van der Waals surface area contributed by atoms with Gasteiger partial charge in [-0.3, -0.25) is 4.79 Å². The van der Waals surface area contributed by atoms with Crippen LogP contribution < -0.4 is 5.32 Å². The monoisotopic (exact) mass is 290 g/mol. The second-order valence-corrected chi connectivity index (χ2v) is 4.58. The lowest BCUT2D eigenvalue weighted by molar-refractivity contribution is 0.0690. The predicted molar refractivity (Wildman–Crippen MR) is 75.3 cm³/mol. The van der Waals surface area contributed by atoms with Gasteiger partial charge in [0, 0.05) is 6.20 Å². The van der Waals surface area contributed by atoms with E-state index in [-0.39, 0.29) is 11.3 Å². The number of carboxylic acids is 1. The van der Waals surface area contributed by atoms with Crippen LogP contribution in [0.5, 0.6) is 0 Å². The van der Waals surface area contributed by atoms with E-state index in [2.05, 4.69) is 10.3 Å². The van der Waals surface area contributed by atoms with Crippen molar-refractivity contribution >= 4 is 29.2 Å². The zero-order valence-electron chi connectivity index (χ0n) is 10.6. The minimum absolute atomic E-state index is 0.116. The normalized spacial score (nSPS) is 10.1. The molecule has 0 aliphatic rings. The number of nitrogens with zero attached hydrogens (tertiary/aromatic N) is 1. The van der Waals surface area contributed by atoms with E-state index in [1.807, 2.05) is 13.0 Å². The summed E-state index contributed by atoms with van der Waals surface area (Å²) >= 11 is 6.02. The Balaban J connectivity index is 2.17. The van der Waals surface area contributed by atoms with E-state index in [4.69, 9.17) is 16.7 Å². The van der Waals surface area contributed by atoms with Gasteiger partial charge in [-0.1, -0.05) is 17.7 Å². The summed E-state index contributed by atoms with van der Waals surface area (Å²) in [4.78, 5) is 26.3. The molecule has 1 heterocycles. The molecule has 2 aromatic rings. The molecule has 0 unspecified atom stereocenters. The summed E-state index contributed by atoms with van der Waals surface area (Å²) < 4.78 is 0. The second kappa shape index (κ2) is 5.71. The van der Waals surface area contributed by atoms with Gasteiger partial charge >= 0.3 is 5.97 Å². The van der Waals surface area contributed by atoms with Crippen molar-refractivity contribution in [3.63, 3.8) is 0 Å². The lowest BCUT2D eigenvalue weighted by Gasteiger charge is -2.07. The van der Waals surface area contributed by atoms with Crippen LogP contribution in [0.1, 0.15) is 26.4 Å². The van der Waals surface area contributed by atoms with Crippen LogP contribution in [0.4, 0.5) is 5.69 Å². The van der Waals surface area contributed by atoms with Crippen LogP contribution in [0, 0.1) is 6.92 Å². The maximum absolute atomic E-state index is 12.0. The van der Waals surface area contributed by atoms with Crippen molar-refractivity contribution in [2.24, 2.45) is 0 Å². The topological polar surface area (TPSA) is 79.3 Å². The van der Waals surface area contributed by atoms with Gasteiger partial charge in [0.2, 0.25) is 0 Å². The molecule has 2 rings (SSSR count). The predicted octanol–water partition coefficient (Wildman–Crippen LogP) is 2.99. The fourth-order valence-corrected chi connectivity index (χ4v) is 1.85. The van der Waals surface area contributed by atoms with Gasteiger partial charge in [0.1, 0.15) is 5.69 Å². The SMILES string of the molecule is Cc1ccc(NC(=O)c2ccc(C(=O)O)nc2)c(Cl)c1. The molecule has 1 aromatic heterocycles. The van der Waals surface area contributed by atoms with Gasteiger partial charge in [0.15, 0.2) is 0 Å². The number of rotatable bonds is 3. The number of carboxylic acid groups (broad SMARTS) is 1. The molecule has 0 fully saturated rings. The molecule has 0 spiro atoms. The largest absolute Gasteiger partial charge is 0.477 e. The van der Waals surface area contributed by atoms with Crippen molar-refractivity contribution < 1.29 is 14.7 Å². The van der Waals surface area contributed by atoms with E-state index < -0.39 is 11.9 Å². The summed E-state index contributed by atoms with van der Waals surface area (Å²) in [6.45, 7) is 1.89. The van der Waals surface area contributed by atoms with Gasteiger partial charge in [-0.25, -0.2) is 9.78 Å². The molecule has 1 amide bonds. The van der Waals surface area contributed by atoms with Gasteiger partial charge in [-0.15, -0.1) is 0 Å². The molecule has 0 saturated heterocycles. The molecular weight excluding hydrogens is 280 g/mol. The Bertz CT molecular complexity index is 669. The highest BCUT2D eigenvalue weighted by Crippen LogP contribution is 2.23. The summed E-state index contributed by atoms with van der Waals surface area (Å²) in [6, 6.07) is 7.94. The molecular formula is C14H11ClN2O3. The fourth-order valence-electron chi connectivity index (χ4n) is 1.57. The Morgan fingerprint density at radius 1 is 1.25 bits per heavy atom. The van der Waals surface area contributed by atoms with Crippen molar-refractivity contribution in [3.8, 4) is 0 Å². The molecule has 0 radical (unpaired) electrons. The van der Waals surface area contributed by atoms with Crippen molar-refractivity contribution in [3.05, 3.63) is 58.4 Å². The van der Waals surface area contributed by atoms with Crippen molar-refractivity contribution in [1.82, 2.24) is 4.98 Å². The number of aromatic nitrogens is 1. The number of anilines is 1. The third-order valence-corrected chi connectivity index (χ3v) is 2.93. The smallest absolute Gasteiger partial charge is 0.354 e. The third kappa shape index (κ3) is 3.13. The van der Waals surface area contributed by atoms with Crippen molar-refractivity contribution in [2.75, 3.05) is 5.32 Å². The van der Waals surface area contributed by atoms with Gasteiger partial charge in [0.25, 0.3) is 5.91 Å². The maximum Gasteiger partial charge on any atom is 0.354 e. The Morgan fingerprint density at radius 2 is 2.00 bits per heavy atom. The number of halogens is 1. The van der Waals surface area contributed by atoms with E-state index >= 15 is 0 Å². The molecule has 1 aromatic carbocycles. The number of carbonyl (C=O) groups excluding carboxylic acids is 1. The minimum atomic E-state index is -1.14. The number of hydrogen-bond donors (Lipinski definition) is 2. The molecule has 0 bridgehead atoms. The summed E-state index contributed by atoms with van der Waals surface area (Å²) in [5.74, 6) is -1.54. The second-order valence-electron chi connectivity index (χ2n) is 4.17. The number of amides is 1. The number of carbonyl (C=O) groups is 2. The first-order valence-corrected chi connectivity index (χ1v) is 6.12. The number of hydrogen-bond acceptors (Lipinski definition) is 3. The summed E-state index contributed by atoms with van der Waals surface area (Å²) in [7, 11) is 0. The highest BCUT2D eigenvalue weighted by Gasteiger charge is 2.10. The van der Waals surface area contributed by atoms with Crippen LogP contribution in [0.15, 0.2) is 36.5 Å². The van der Waals surface area contributed by atoms with Crippen LogP contribution in [-0.4, -0.2) is 22.0 Å². The number of pyridine rings is 1. The fraction of sp³-hybridized carbons (Fsp3) is 0.0714. The zero-order valence-corrected chi connectivity index (χ0v) is 11.3. The van der Waals surface area contributed by atoms with Crippen molar-refractivity contribution in [2.45, 2.75) is 6.92 Å². The Kier molecular flexibility index (Phi) is 4.00. The van der Waals surface area contributed by atoms with Gasteiger partial charge < -0.3 is 10.4 Å². The highest BCUT2D eigenvalue weighted by molar-refractivity contribution is 6.34. The lowest BCUT2D eigenvalue weighted by atomic mass is 10.2. The van der Waals surface area contributed by atoms with Crippen LogP contribution in [0.3, 0.4) is 0 Å². The molecule has 0 atom stereocenters. The van der Waals surface area contributed by atoms with Crippen LogP contribution in [-0.2, 0) is 0 Å². The minimum Gasteiger partial charge on any atom is -0.477 e. The number of benzene rings is 1. The van der Waals surface area contributed by atoms with Crippen LogP contribution >= 0.6 is 11.6 Å². The number of aryl methyl sites for hydroxylation is 1. The first-order valence-electron chi connectivity index (χ1n) is 5.74. The summed E-state index contributed by atoms with van der Waals surface area (Å²) in [6.07, 6.45) is 1.21. The molecule has 0 aliphatic heterocycles. The maximum atomic E-state index is 12.0.